The number of rotatable bonds is 7. The van der Waals surface area contributed by atoms with Gasteiger partial charge in [-0.25, -0.2) is 18.1 Å². The Labute approximate surface area is 128 Å². The number of hydrogen-bond acceptors (Lipinski definition) is 5. The Morgan fingerprint density at radius 2 is 2.19 bits per heavy atom. The number of aromatic amines is 1. The van der Waals surface area contributed by atoms with E-state index in [4.69, 9.17) is 17.3 Å². The van der Waals surface area contributed by atoms with Crippen molar-refractivity contribution in [3.05, 3.63) is 40.9 Å². The van der Waals surface area contributed by atoms with E-state index in [1.54, 1.807) is 6.07 Å². The third-order valence-electron chi connectivity index (χ3n) is 2.90. The van der Waals surface area contributed by atoms with Gasteiger partial charge in [-0.3, -0.25) is 5.10 Å². The number of sulfonamides is 1. The Kier molecular flexibility index (Phi) is 5.29. The zero-order chi connectivity index (χ0) is 15.3. The minimum Gasteiger partial charge on any atom is -0.326 e. The van der Waals surface area contributed by atoms with E-state index < -0.39 is 10.0 Å². The van der Waals surface area contributed by atoms with E-state index in [0.717, 1.165) is 5.82 Å². The van der Waals surface area contributed by atoms with Gasteiger partial charge in [0, 0.05) is 24.5 Å². The van der Waals surface area contributed by atoms with E-state index in [1.807, 2.05) is 0 Å². The molecule has 0 atom stereocenters. The Bertz CT molecular complexity index is 688. The smallest absolute Gasteiger partial charge is 0.240 e. The van der Waals surface area contributed by atoms with Gasteiger partial charge in [0.2, 0.25) is 10.0 Å². The summed E-state index contributed by atoms with van der Waals surface area (Å²) < 4.78 is 26.7. The molecule has 0 aliphatic carbocycles. The molecular weight excluding hydrogens is 314 g/mol. The molecule has 7 nitrogen and oxygen atoms in total. The third-order valence-corrected chi connectivity index (χ3v) is 4.71. The lowest BCUT2D eigenvalue weighted by atomic mass is 10.2. The second kappa shape index (κ2) is 6.99. The molecule has 0 saturated carbocycles. The highest BCUT2D eigenvalue weighted by Crippen LogP contribution is 2.20. The summed E-state index contributed by atoms with van der Waals surface area (Å²) in [5, 5.41) is 6.79. The number of halogens is 1. The van der Waals surface area contributed by atoms with Gasteiger partial charge in [0.1, 0.15) is 12.2 Å². The number of hydrogen-bond donors (Lipinski definition) is 3. The van der Waals surface area contributed by atoms with Crippen LogP contribution in [0.5, 0.6) is 0 Å². The molecule has 1 heterocycles. The Morgan fingerprint density at radius 3 is 2.81 bits per heavy atom. The number of nitrogens with zero attached hydrogens (tertiary/aromatic N) is 2. The van der Waals surface area contributed by atoms with Gasteiger partial charge in [-0.15, -0.1) is 0 Å². The number of nitrogens with one attached hydrogen (secondary N) is 2. The Morgan fingerprint density at radius 1 is 1.38 bits per heavy atom. The molecule has 2 rings (SSSR count). The first-order valence-electron chi connectivity index (χ1n) is 6.35. The van der Waals surface area contributed by atoms with E-state index in [0.29, 0.717) is 30.0 Å². The predicted octanol–water partition coefficient (Wildman–Crippen LogP) is 0.828. The van der Waals surface area contributed by atoms with E-state index in [2.05, 4.69) is 19.9 Å². The van der Waals surface area contributed by atoms with Crippen LogP contribution in [0.3, 0.4) is 0 Å². The number of aryl methyl sites for hydroxylation is 1. The zero-order valence-electron chi connectivity index (χ0n) is 11.2. The normalized spacial score (nSPS) is 11.7. The summed E-state index contributed by atoms with van der Waals surface area (Å²) >= 11 is 5.97. The van der Waals surface area contributed by atoms with Gasteiger partial charge in [-0.05, 0) is 24.1 Å². The maximum Gasteiger partial charge on any atom is 0.240 e. The first kappa shape index (κ1) is 15.9. The molecule has 0 saturated heterocycles. The molecule has 0 radical (unpaired) electrons. The van der Waals surface area contributed by atoms with Gasteiger partial charge >= 0.3 is 0 Å². The van der Waals surface area contributed by atoms with Crippen LogP contribution >= 0.6 is 11.6 Å². The van der Waals surface area contributed by atoms with E-state index >= 15 is 0 Å². The highest BCUT2D eigenvalue weighted by molar-refractivity contribution is 7.89. The van der Waals surface area contributed by atoms with Crippen molar-refractivity contribution in [1.82, 2.24) is 19.9 Å². The van der Waals surface area contributed by atoms with Crippen LogP contribution in [-0.2, 0) is 23.0 Å². The number of benzene rings is 1. The summed E-state index contributed by atoms with van der Waals surface area (Å²) in [5.74, 6) is 0.726. The summed E-state index contributed by atoms with van der Waals surface area (Å²) in [7, 11) is -3.57. The summed E-state index contributed by atoms with van der Waals surface area (Å²) in [6.45, 7) is 0.572. The molecule has 1 aromatic heterocycles. The lowest BCUT2D eigenvalue weighted by Gasteiger charge is -2.08. The highest BCUT2D eigenvalue weighted by atomic mass is 35.5. The van der Waals surface area contributed by atoms with Crippen molar-refractivity contribution in [2.45, 2.75) is 24.3 Å². The first-order chi connectivity index (χ1) is 10.0. The lowest BCUT2D eigenvalue weighted by molar-refractivity contribution is 0.578. The van der Waals surface area contributed by atoms with Crippen molar-refractivity contribution in [1.29, 1.82) is 0 Å². The van der Waals surface area contributed by atoms with Crippen molar-refractivity contribution in [2.75, 3.05) is 6.54 Å². The van der Waals surface area contributed by atoms with Gasteiger partial charge in [-0.1, -0.05) is 17.7 Å². The molecular formula is C12H16ClN5O2S. The maximum absolute atomic E-state index is 12.1. The van der Waals surface area contributed by atoms with Crippen LogP contribution in [0, 0.1) is 0 Å². The maximum atomic E-state index is 12.1. The largest absolute Gasteiger partial charge is 0.326 e. The minimum atomic E-state index is -3.57. The SMILES string of the molecule is NCc1ccc(S(=O)(=O)NCCCc2ncn[nH]2)cc1Cl. The molecule has 4 N–H and O–H groups in total. The Hall–Kier alpha value is -1.48. The van der Waals surface area contributed by atoms with Crippen LogP contribution in [0.25, 0.3) is 0 Å². The van der Waals surface area contributed by atoms with Crippen molar-refractivity contribution >= 4 is 21.6 Å². The van der Waals surface area contributed by atoms with Crippen LogP contribution in [0.1, 0.15) is 17.8 Å². The van der Waals surface area contributed by atoms with Crippen LogP contribution < -0.4 is 10.5 Å². The predicted molar refractivity (Wildman–Crippen MR) is 79.2 cm³/mol. The fourth-order valence-electron chi connectivity index (χ4n) is 1.76. The third kappa shape index (κ3) is 4.24. The van der Waals surface area contributed by atoms with Gasteiger partial charge in [0.25, 0.3) is 0 Å². The Balaban J connectivity index is 1.93. The molecule has 0 spiro atoms. The zero-order valence-corrected chi connectivity index (χ0v) is 12.8. The highest BCUT2D eigenvalue weighted by Gasteiger charge is 2.14. The minimum absolute atomic E-state index is 0.129. The quantitative estimate of drug-likeness (QED) is 0.651. The van der Waals surface area contributed by atoms with Crippen LogP contribution in [0.2, 0.25) is 5.02 Å². The second-order valence-electron chi connectivity index (χ2n) is 4.39. The summed E-state index contributed by atoms with van der Waals surface area (Å²) in [6.07, 6.45) is 2.65. The van der Waals surface area contributed by atoms with Crippen molar-refractivity contribution in [2.24, 2.45) is 5.73 Å². The van der Waals surface area contributed by atoms with Crippen LogP contribution in [-0.4, -0.2) is 30.1 Å². The van der Waals surface area contributed by atoms with Gasteiger partial charge in [-0.2, -0.15) is 5.10 Å². The van der Waals surface area contributed by atoms with Crippen molar-refractivity contribution in [3.8, 4) is 0 Å². The summed E-state index contributed by atoms with van der Waals surface area (Å²) in [5.41, 5.74) is 6.20. The standard InChI is InChI=1S/C12H16ClN5O2S/c13-11-6-10(4-3-9(11)7-14)21(19,20)17-5-1-2-12-15-8-16-18-12/h3-4,6,8,17H,1-2,5,7,14H2,(H,15,16,18). The lowest BCUT2D eigenvalue weighted by Crippen LogP contribution is -2.25. The van der Waals surface area contributed by atoms with Crippen molar-refractivity contribution in [3.63, 3.8) is 0 Å². The summed E-state index contributed by atoms with van der Waals surface area (Å²) in [6, 6.07) is 4.51. The fraction of sp³-hybridized carbons (Fsp3) is 0.333. The monoisotopic (exact) mass is 329 g/mol. The second-order valence-corrected chi connectivity index (χ2v) is 6.56. The van der Waals surface area contributed by atoms with E-state index in [-0.39, 0.29) is 11.4 Å². The fourth-order valence-corrected chi connectivity index (χ4v) is 3.18. The average molecular weight is 330 g/mol. The van der Waals surface area contributed by atoms with Gasteiger partial charge in [0.15, 0.2) is 0 Å². The molecule has 0 unspecified atom stereocenters. The summed E-state index contributed by atoms with van der Waals surface area (Å²) in [4.78, 5) is 4.09. The van der Waals surface area contributed by atoms with Gasteiger partial charge in [0.05, 0.1) is 4.90 Å². The van der Waals surface area contributed by atoms with Gasteiger partial charge < -0.3 is 5.73 Å². The van der Waals surface area contributed by atoms with Crippen LogP contribution in [0.15, 0.2) is 29.4 Å². The molecule has 1 aromatic carbocycles. The average Bonchev–Trinajstić information content (AvgIpc) is 2.97. The number of nitrogens with two attached hydrogens (primary N) is 1. The topological polar surface area (TPSA) is 114 Å². The molecule has 0 amide bonds. The molecule has 0 fully saturated rings. The number of H-pyrrole nitrogens is 1. The molecule has 21 heavy (non-hydrogen) atoms. The van der Waals surface area contributed by atoms with Crippen molar-refractivity contribution < 1.29 is 8.42 Å². The number of aromatic nitrogens is 3. The molecule has 0 aliphatic rings. The van der Waals surface area contributed by atoms with E-state index in [9.17, 15) is 8.42 Å². The molecule has 2 aromatic rings. The molecule has 0 aliphatic heterocycles. The molecule has 9 heteroatoms. The molecule has 114 valence electrons. The van der Waals surface area contributed by atoms with Crippen LogP contribution in [0.4, 0.5) is 0 Å². The molecule has 0 bridgehead atoms. The van der Waals surface area contributed by atoms with E-state index in [1.165, 1.54) is 18.5 Å². The first-order valence-corrected chi connectivity index (χ1v) is 8.21.